The normalized spacial score (nSPS) is 11.3. The molecule has 0 amide bonds. The monoisotopic (exact) mass is 157 g/mol. The molecule has 0 saturated carbocycles. The maximum Gasteiger partial charge on any atom is 0.0583 e. The van der Waals surface area contributed by atoms with E-state index in [0.29, 0.717) is 5.03 Å². The third-order valence-corrected chi connectivity index (χ3v) is 1.19. The van der Waals surface area contributed by atoms with Gasteiger partial charge < -0.3 is 0 Å². The number of hydrogen-bond donors (Lipinski definition) is 0. The lowest BCUT2D eigenvalue weighted by molar-refractivity contribution is 1.23. The SMILES string of the molecule is C=C(C)N=C(CC)C(=C)Cl. The predicted octanol–water partition coefficient (Wildman–Crippen LogP) is 3.12. The Morgan fingerprint density at radius 1 is 1.50 bits per heavy atom. The smallest absolute Gasteiger partial charge is 0.0583 e. The van der Waals surface area contributed by atoms with Gasteiger partial charge in [0.05, 0.1) is 10.7 Å². The van der Waals surface area contributed by atoms with Gasteiger partial charge in [-0.05, 0) is 13.3 Å². The van der Waals surface area contributed by atoms with Gasteiger partial charge in [0.1, 0.15) is 0 Å². The highest BCUT2D eigenvalue weighted by Crippen LogP contribution is 2.06. The predicted molar refractivity (Wildman–Crippen MR) is 47.5 cm³/mol. The summed E-state index contributed by atoms with van der Waals surface area (Å²) in [5.41, 5.74) is 1.58. The van der Waals surface area contributed by atoms with Crippen LogP contribution in [0.5, 0.6) is 0 Å². The lowest BCUT2D eigenvalue weighted by Gasteiger charge is -1.98. The van der Waals surface area contributed by atoms with Crippen LogP contribution in [-0.4, -0.2) is 5.71 Å². The molecule has 56 valence electrons. The van der Waals surface area contributed by atoms with Crippen LogP contribution < -0.4 is 0 Å². The second-order valence-electron chi connectivity index (χ2n) is 2.05. The largest absolute Gasteiger partial charge is 0.257 e. The molecule has 0 aliphatic carbocycles. The molecule has 0 aliphatic heterocycles. The lowest BCUT2D eigenvalue weighted by atomic mass is 10.3. The average Bonchev–Trinajstić information content (AvgIpc) is 1.81. The van der Waals surface area contributed by atoms with E-state index < -0.39 is 0 Å². The molecule has 1 nitrogen and oxygen atoms in total. The van der Waals surface area contributed by atoms with Gasteiger partial charge in [0, 0.05) is 5.70 Å². The molecular formula is C8H12ClN. The Labute approximate surface area is 67.1 Å². The Kier molecular flexibility index (Phi) is 4.05. The lowest BCUT2D eigenvalue weighted by Crippen LogP contribution is -1.94. The van der Waals surface area contributed by atoms with Crippen molar-refractivity contribution >= 4 is 17.3 Å². The van der Waals surface area contributed by atoms with Gasteiger partial charge in [-0.25, -0.2) is 0 Å². The first-order valence-electron chi connectivity index (χ1n) is 3.15. The molecule has 0 saturated heterocycles. The molecule has 0 aromatic rings. The fourth-order valence-electron chi connectivity index (χ4n) is 0.562. The van der Waals surface area contributed by atoms with Gasteiger partial charge in [-0.15, -0.1) is 0 Å². The Bertz CT molecular complexity index is 180. The molecular weight excluding hydrogens is 146 g/mol. The Hall–Kier alpha value is -0.560. The summed E-state index contributed by atoms with van der Waals surface area (Å²) < 4.78 is 0. The van der Waals surface area contributed by atoms with Crippen LogP contribution in [0.4, 0.5) is 0 Å². The first-order valence-corrected chi connectivity index (χ1v) is 3.53. The molecule has 0 unspecified atom stereocenters. The van der Waals surface area contributed by atoms with Crippen molar-refractivity contribution in [3.05, 3.63) is 23.9 Å². The number of aliphatic imine (C=N–C) groups is 1. The van der Waals surface area contributed by atoms with Crippen molar-refractivity contribution in [3.63, 3.8) is 0 Å². The summed E-state index contributed by atoms with van der Waals surface area (Å²) in [7, 11) is 0. The zero-order valence-electron chi connectivity index (χ0n) is 6.45. The van der Waals surface area contributed by atoms with Crippen LogP contribution >= 0.6 is 11.6 Å². The van der Waals surface area contributed by atoms with Crippen molar-refractivity contribution in [2.24, 2.45) is 4.99 Å². The van der Waals surface area contributed by atoms with Crippen LogP contribution in [0.3, 0.4) is 0 Å². The maximum atomic E-state index is 5.62. The van der Waals surface area contributed by atoms with Crippen molar-refractivity contribution in [1.82, 2.24) is 0 Å². The molecule has 0 spiro atoms. The molecule has 0 bridgehead atoms. The van der Waals surface area contributed by atoms with E-state index in [1.54, 1.807) is 0 Å². The highest BCUT2D eigenvalue weighted by molar-refractivity contribution is 6.43. The maximum absolute atomic E-state index is 5.62. The van der Waals surface area contributed by atoms with E-state index in [2.05, 4.69) is 18.2 Å². The van der Waals surface area contributed by atoms with Gasteiger partial charge in [-0.1, -0.05) is 31.7 Å². The Balaban J connectivity index is 4.34. The summed E-state index contributed by atoms with van der Waals surface area (Å²) in [6, 6.07) is 0. The first-order chi connectivity index (χ1) is 4.57. The third-order valence-electron chi connectivity index (χ3n) is 0.974. The van der Waals surface area contributed by atoms with Gasteiger partial charge >= 0.3 is 0 Å². The summed E-state index contributed by atoms with van der Waals surface area (Å²) in [6.45, 7) is 11.0. The average molecular weight is 158 g/mol. The molecule has 0 aliphatic rings. The van der Waals surface area contributed by atoms with Crippen molar-refractivity contribution in [3.8, 4) is 0 Å². The highest BCUT2D eigenvalue weighted by Gasteiger charge is 1.96. The van der Waals surface area contributed by atoms with E-state index in [1.807, 2.05) is 13.8 Å². The third kappa shape index (κ3) is 3.46. The van der Waals surface area contributed by atoms with Crippen LogP contribution in [0.1, 0.15) is 20.3 Å². The van der Waals surface area contributed by atoms with Gasteiger partial charge in [0.15, 0.2) is 0 Å². The summed E-state index contributed by atoms with van der Waals surface area (Å²) in [4.78, 5) is 4.09. The zero-order valence-corrected chi connectivity index (χ0v) is 7.20. The van der Waals surface area contributed by atoms with Gasteiger partial charge in [-0.3, -0.25) is 4.99 Å². The first kappa shape index (κ1) is 9.44. The van der Waals surface area contributed by atoms with E-state index in [9.17, 15) is 0 Å². The zero-order chi connectivity index (χ0) is 8.15. The Morgan fingerprint density at radius 2 is 2.00 bits per heavy atom. The van der Waals surface area contributed by atoms with Crippen molar-refractivity contribution in [2.45, 2.75) is 20.3 Å². The molecule has 0 fully saturated rings. The summed E-state index contributed by atoms with van der Waals surface area (Å²) in [5.74, 6) is 0. The van der Waals surface area contributed by atoms with Crippen molar-refractivity contribution in [1.29, 1.82) is 0 Å². The minimum Gasteiger partial charge on any atom is -0.257 e. The van der Waals surface area contributed by atoms with Crippen LogP contribution in [0.25, 0.3) is 0 Å². The molecule has 0 heterocycles. The molecule has 0 atom stereocenters. The molecule has 0 radical (unpaired) electrons. The second-order valence-corrected chi connectivity index (χ2v) is 2.51. The van der Waals surface area contributed by atoms with E-state index in [4.69, 9.17) is 11.6 Å². The molecule has 2 heteroatoms. The van der Waals surface area contributed by atoms with E-state index in [1.165, 1.54) is 0 Å². The second kappa shape index (κ2) is 4.29. The van der Waals surface area contributed by atoms with Crippen LogP contribution in [0.2, 0.25) is 0 Å². The molecule has 0 aromatic heterocycles. The van der Waals surface area contributed by atoms with E-state index in [0.717, 1.165) is 17.8 Å². The number of hydrogen-bond acceptors (Lipinski definition) is 1. The Morgan fingerprint density at radius 3 is 2.10 bits per heavy atom. The summed E-state index contributed by atoms with van der Waals surface area (Å²) in [5, 5.41) is 0.505. The molecule has 0 rings (SSSR count). The van der Waals surface area contributed by atoms with Crippen LogP contribution in [0, 0.1) is 0 Å². The quantitative estimate of drug-likeness (QED) is 0.559. The topological polar surface area (TPSA) is 12.4 Å². The van der Waals surface area contributed by atoms with E-state index >= 15 is 0 Å². The van der Waals surface area contributed by atoms with Gasteiger partial charge in [-0.2, -0.15) is 0 Å². The number of halogens is 1. The standard InChI is InChI=1S/C8H12ClN/c1-5-8(7(4)9)10-6(2)3/h2,4-5H2,1,3H3. The summed E-state index contributed by atoms with van der Waals surface area (Å²) in [6.07, 6.45) is 0.801. The fraction of sp³-hybridized carbons (Fsp3) is 0.375. The minimum atomic E-state index is 0.505. The number of nitrogens with zero attached hydrogens (tertiary/aromatic N) is 1. The fourth-order valence-corrected chi connectivity index (χ4v) is 0.738. The summed E-state index contributed by atoms with van der Waals surface area (Å²) >= 11 is 5.62. The van der Waals surface area contributed by atoms with Crippen LogP contribution in [0.15, 0.2) is 28.9 Å². The van der Waals surface area contributed by atoms with Gasteiger partial charge in [0.25, 0.3) is 0 Å². The van der Waals surface area contributed by atoms with E-state index in [-0.39, 0.29) is 0 Å². The van der Waals surface area contributed by atoms with Gasteiger partial charge in [0.2, 0.25) is 0 Å². The number of rotatable bonds is 3. The molecule has 0 aromatic carbocycles. The van der Waals surface area contributed by atoms with Crippen molar-refractivity contribution in [2.75, 3.05) is 0 Å². The molecule has 0 N–H and O–H groups in total. The highest BCUT2D eigenvalue weighted by atomic mass is 35.5. The van der Waals surface area contributed by atoms with Crippen LogP contribution in [-0.2, 0) is 0 Å². The minimum absolute atomic E-state index is 0.505. The number of allylic oxidation sites excluding steroid dienone is 2. The van der Waals surface area contributed by atoms with Crippen molar-refractivity contribution < 1.29 is 0 Å². The molecule has 10 heavy (non-hydrogen) atoms.